The molecule has 0 rings (SSSR count). The zero-order valence-corrected chi connectivity index (χ0v) is 2.62. The molecule has 0 radical (unpaired) electrons. The van der Waals surface area contributed by atoms with Gasteiger partial charge in [-0.15, -0.1) is 17.0 Å². The molecule has 0 amide bonds. The SMILES string of the molecule is Br.O.[NaH].[NaH].[NaH]. The van der Waals surface area contributed by atoms with Crippen molar-refractivity contribution in [2.45, 2.75) is 0 Å². The van der Waals surface area contributed by atoms with Crippen molar-refractivity contribution in [1.29, 1.82) is 0 Å². The standard InChI is InChI=1S/BrH.3Na.H2O.3H/h1H;;;;1H2;;;. The quantitative estimate of drug-likeness (QED) is 0.370. The Labute approximate surface area is 109 Å². The van der Waals surface area contributed by atoms with Gasteiger partial charge in [0.15, 0.2) is 0 Å². The molecule has 0 saturated carbocycles. The summed E-state index contributed by atoms with van der Waals surface area (Å²) >= 11 is 0. The molecule has 5 heavy (non-hydrogen) atoms. The van der Waals surface area contributed by atoms with Crippen molar-refractivity contribution in [3.63, 3.8) is 0 Å². The van der Waals surface area contributed by atoms with Gasteiger partial charge in [0.05, 0.1) is 0 Å². The average molecular weight is 171 g/mol. The third-order valence-corrected chi connectivity index (χ3v) is 0. The Balaban J connectivity index is 0. The molecule has 0 unspecified atom stereocenters. The van der Waals surface area contributed by atoms with E-state index < -0.39 is 0 Å². The van der Waals surface area contributed by atoms with Crippen LogP contribution in [-0.4, -0.2) is 94.1 Å². The van der Waals surface area contributed by atoms with Gasteiger partial charge >= 0.3 is 88.7 Å². The predicted octanol–water partition coefficient (Wildman–Crippen LogP) is -2.19. The second-order valence-electron chi connectivity index (χ2n) is 0. The summed E-state index contributed by atoms with van der Waals surface area (Å²) in [6, 6.07) is 0. The van der Waals surface area contributed by atoms with Crippen molar-refractivity contribution in [2.75, 3.05) is 0 Å². The van der Waals surface area contributed by atoms with Crippen LogP contribution in [0.4, 0.5) is 0 Å². The summed E-state index contributed by atoms with van der Waals surface area (Å²) < 4.78 is 0. The Kier molecular flexibility index (Phi) is 206. The van der Waals surface area contributed by atoms with Gasteiger partial charge in [0.25, 0.3) is 0 Å². The number of hydrogen-bond acceptors (Lipinski definition) is 0. The van der Waals surface area contributed by atoms with E-state index in [4.69, 9.17) is 0 Å². The van der Waals surface area contributed by atoms with Crippen LogP contribution in [0.5, 0.6) is 0 Å². The summed E-state index contributed by atoms with van der Waals surface area (Å²) in [6.07, 6.45) is 0. The molecule has 0 bridgehead atoms. The van der Waals surface area contributed by atoms with Crippen molar-refractivity contribution < 1.29 is 5.48 Å². The molecular weight excluding hydrogens is 165 g/mol. The minimum absolute atomic E-state index is 0. The molecular formula is H6BrNa3O. The van der Waals surface area contributed by atoms with Crippen molar-refractivity contribution in [3.8, 4) is 0 Å². The first-order chi connectivity index (χ1) is 0. The van der Waals surface area contributed by atoms with E-state index in [1.165, 1.54) is 0 Å². The molecule has 0 aromatic carbocycles. The van der Waals surface area contributed by atoms with Crippen LogP contribution in [0.3, 0.4) is 0 Å². The summed E-state index contributed by atoms with van der Waals surface area (Å²) in [5.74, 6) is 0. The van der Waals surface area contributed by atoms with Gasteiger partial charge in [0.2, 0.25) is 0 Å². The molecule has 0 aliphatic heterocycles. The maximum absolute atomic E-state index is 0. The van der Waals surface area contributed by atoms with Crippen LogP contribution in [0.25, 0.3) is 0 Å². The molecule has 5 heteroatoms. The first-order valence-corrected chi connectivity index (χ1v) is 0. The van der Waals surface area contributed by atoms with E-state index in [1.807, 2.05) is 0 Å². The van der Waals surface area contributed by atoms with Crippen molar-refractivity contribution in [2.24, 2.45) is 0 Å². The van der Waals surface area contributed by atoms with Crippen LogP contribution < -0.4 is 0 Å². The van der Waals surface area contributed by atoms with Gasteiger partial charge < -0.3 is 5.48 Å². The van der Waals surface area contributed by atoms with Crippen LogP contribution in [0.15, 0.2) is 0 Å². The molecule has 0 heterocycles. The summed E-state index contributed by atoms with van der Waals surface area (Å²) in [5, 5.41) is 0. The van der Waals surface area contributed by atoms with Crippen LogP contribution in [0, 0.1) is 0 Å². The first-order valence-electron chi connectivity index (χ1n) is 0. The molecule has 1 nitrogen and oxygen atoms in total. The minimum atomic E-state index is 0. The van der Waals surface area contributed by atoms with Gasteiger partial charge in [0.1, 0.15) is 0 Å². The van der Waals surface area contributed by atoms with Crippen molar-refractivity contribution in [1.82, 2.24) is 0 Å². The van der Waals surface area contributed by atoms with E-state index in [2.05, 4.69) is 0 Å². The summed E-state index contributed by atoms with van der Waals surface area (Å²) in [7, 11) is 0. The van der Waals surface area contributed by atoms with Crippen molar-refractivity contribution >= 4 is 106 Å². The molecule has 22 valence electrons. The third-order valence-electron chi connectivity index (χ3n) is 0. The van der Waals surface area contributed by atoms with E-state index >= 15 is 0 Å². The van der Waals surface area contributed by atoms with E-state index in [0.717, 1.165) is 0 Å². The van der Waals surface area contributed by atoms with Gasteiger partial charge in [-0.3, -0.25) is 0 Å². The second-order valence-corrected chi connectivity index (χ2v) is 0. The van der Waals surface area contributed by atoms with Crippen LogP contribution in [0.2, 0.25) is 0 Å². The maximum atomic E-state index is 0. The monoisotopic (exact) mass is 170 g/mol. The Morgan fingerprint density at radius 3 is 0.600 bits per heavy atom. The number of rotatable bonds is 0. The van der Waals surface area contributed by atoms with E-state index in [0.29, 0.717) is 0 Å². The topological polar surface area (TPSA) is 31.5 Å². The fourth-order valence-corrected chi connectivity index (χ4v) is 0. The van der Waals surface area contributed by atoms with E-state index in [1.54, 1.807) is 0 Å². The van der Waals surface area contributed by atoms with Crippen LogP contribution in [-0.2, 0) is 0 Å². The van der Waals surface area contributed by atoms with Gasteiger partial charge in [-0.2, -0.15) is 0 Å². The van der Waals surface area contributed by atoms with Gasteiger partial charge in [-0.25, -0.2) is 0 Å². The van der Waals surface area contributed by atoms with E-state index in [-0.39, 0.29) is 111 Å². The number of halogens is 1. The number of hydrogen-bond donors (Lipinski definition) is 0. The summed E-state index contributed by atoms with van der Waals surface area (Å²) in [4.78, 5) is 0. The molecule has 0 atom stereocenters. The molecule has 0 saturated heterocycles. The predicted molar refractivity (Wildman–Crippen MR) is 35.4 cm³/mol. The van der Waals surface area contributed by atoms with E-state index in [9.17, 15) is 0 Å². The Bertz CT molecular complexity index is 6.85. The summed E-state index contributed by atoms with van der Waals surface area (Å²) in [6.45, 7) is 0. The molecule has 0 aliphatic carbocycles. The zero-order chi connectivity index (χ0) is 0. The van der Waals surface area contributed by atoms with Gasteiger partial charge in [-0.1, -0.05) is 0 Å². The molecule has 0 aromatic heterocycles. The van der Waals surface area contributed by atoms with Crippen molar-refractivity contribution in [3.05, 3.63) is 0 Å². The molecule has 0 spiro atoms. The molecule has 0 fully saturated rings. The molecule has 0 aliphatic rings. The normalized spacial score (nSPS) is 0. The average Bonchev–Trinajstić information content (AvgIpc) is 0. The molecule has 0 aromatic rings. The van der Waals surface area contributed by atoms with Crippen LogP contribution in [0.1, 0.15) is 0 Å². The first kappa shape index (κ1) is 39.5. The fourth-order valence-electron chi connectivity index (χ4n) is 0. The van der Waals surface area contributed by atoms with Gasteiger partial charge in [0, 0.05) is 0 Å². The second kappa shape index (κ2) is 26.1. The summed E-state index contributed by atoms with van der Waals surface area (Å²) in [5.41, 5.74) is 0. The Morgan fingerprint density at radius 1 is 0.600 bits per heavy atom. The Hall–Kier alpha value is 3.44. The zero-order valence-electron chi connectivity index (χ0n) is 0.908. The third kappa shape index (κ3) is 18.6. The van der Waals surface area contributed by atoms with Gasteiger partial charge in [-0.05, 0) is 0 Å². The van der Waals surface area contributed by atoms with Crippen LogP contribution >= 0.6 is 17.0 Å². The Morgan fingerprint density at radius 2 is 0.600 bits per heavy atom. The fraction of sp³-hybridized carbons (Fsp3) is 0. The molecule has 2 N–H and O–H groups in total.